The predicted octanol–water partition coefficient (Wildman–Crippen LogP) is 6.24. The average molecular weight is 614 g/mol. The summed E-state index contributed by atoms with van der Waals surface area (Å²) in [6, 6.07) is 20.2. The van der Waals surface area contributed by atoms with Gasteiger partial charge in [0, 0.05) is 56.3 Å². The van der Waals surface area contributed by atoms with Gasteiger partial charge in [-0.1, -0.05) is 74.0 Å². The molecule has 3 aromatic rings. The molecule has 2 aliphatic heterocycles. The Labute approximate surface area is 271 Å². The van der Waals surface area contributed by atoms with Gasteiger partial charge in [-0.25, -0.2) is 4.98 Å². The molecule has 5 rings (SSSR count). The van der Waals surface area contributed by atoms with Crippen LogP contribution in [-0.2, 0) is 24.5 Å². The van der Waals surface area contributed by atoms with E-state index in [9.17, 15) is 4.79 Å². The van der Waals surface area contributed by atoms with Gasteiger partial charge in [0.1, 0.15) is 5.82 Å². The van der Waals surface area contributed by atoms with Crippen LogP contribution in [0.5, 0.6) is 0 Å². The number of aromatic nitrogens is 2. The van der Waals surface area contributed by atoms with Crippen molar-refractivity contribution in [1.29, 1.82) is 0 Å². The normalized spacial score (nSPS) is 19.8. The van der Waals surface area contributed by atoms with Crippen LogP contribution in [0.25, 0.3) is 0 Å². The highest BCUT2D eigenvalue weighted by Crippen LogP contribution is 2.33. The van der Waals surface area contributed by atoms with E-state index in [0.717, 1.165) is 56.2 Å². The zero-order chi connectivity index (χ0) is 32.3. The lowest BCUT2D eigenvalue weighted by molar-refractivity contribution is 0.0965. The third kappa shape index (κ3) is 7.76. The molecule has 0 amide bonds. The Morgan fingerprint density at radius 2 is 1.73 bits per heavy atom. The van der Waals surface area contributed by atoms with Crippen LogP contribution in [0.3, 0.4) is 0 Å². The second-order valence-electron chi connectivity index (χ2n) is 14.6. The third-order valence-electron chi connectivity index (χ3n) is 10.3. The zero-order valence-corrected chi connectivity index (χ0v) is 28.9. The summed E-state index contributed by atoms with van der Waals surface area (Å²) >= 11 is 0. The van der Waals surface area contributed by atoms with E-state index in [1.807, 2.05) is 22.8 Å². The molecule has 2 aliphatic rings. The molecule has 7 nitrogen and oxygen atoms in total. The maximum Gasteiger partial charge on any atom is 0.259 e. The van der Waals surface area contributed by atoms with Gasteiger partial charge in [-0.05, 0) is 65.1 Å². The van der Waals surface area contributed by atoms with Crippen molar-refractivity contribution < 1.29 is 4.74 Å². The van der Waals surface area contributed by atoms with Gasteiger partial charge in [-0.15, -0.1) is 0 Å². The second kappa shape index (κ2) is 14.3. The molecule has 0 radical (unpaired) electrons. The smallest absolute Gasteiger partial charge is 0.259 e. The molecular formula is C38H55N5O2. The van der Waals surface area contributed by atoms with Crippen molar-refractivity contribution in [3.63, 3.8) is 0 Å². The molecule has 0 aliphatic carbocycles. The molecule has 1 aromatic heterocycles. The standard InChI is InChI=1S/C38H55N5O2/c1-27(2)32(36-39-34-25-45-24-33(34)37(44)43(36)22-30-12-10-9-11-13-30)23-41(28(3)4)20-21-42-26-38(6,7)40(8)19-18-35(42)31-16-14-29(5)15-17-31/h9-17,27-28,32,35H,18-26H2,1-8H3. The zero-order valence-electron chi connectivity index (χ0n) is 28.9. The molecule has 1 fully saturated rings. The second-order valence-corrected chi connectivity index (χ2v) is 14.6. The topological polar surface area (TPSA) is 53.8 Å². The highest BCUT2D eigenvalue weighted by Gasteiger charge is 2.35. The minimum Gasteiger partial charge on any atom is -0.370 e. The highest BCUT2D eigenvalue weighted by atomic mass is 16.5. The Kier molecular flexibility index (Phi) is 10.6. The van der Waals surface area contributed by atoms with Crippen LogP contribution in [0.15, 0.2) is 59.4 Å². The Hall–Kier alpha value is -2.84. The molecule has 0 saturated carbocycles. The summed E-state index contributed by atoms with van der Waals surface area (Å²) in [6.07, 6.45) is 1.12. The third-order valence-corrected chi connectivity index (χ3v) is 10.3. The molecule has 0 N–H and O–H groups in total. The lowest BCUT2D eigenvalue weighted by Crippen LogP contribution is -2.49. The van der Waals surface area contributed by atoms with E-state index in [1.165, 1.54) is 11.1 Å². The van der Waals surface area contributed by atoms with Gasteiger partial charge in [0.25, 0.3) is 5.56 Å². The van der Waals surface area contributed by atoms with Crippen molar-refractivity contribution in [3.05, 3.63) is 98.7 Å². The molecule has 2 unspecified atom stereocenters. The number of benzene rings is 2. The largest absolute Gasteiger partial charge is 0.370 e. The molecule has 2 aromatic carbocycles. The van der Waals surface area contributed by atoms with E-state index < -0.39 is 0 Å². The molecule has 1 saturated heterocycles. The van der Waals surface area contributed by atoms with Crippen LogP contribution in [0.1, 0.15) is 93.7 Å². The molecule has 2 atom stereocenters. The van der Waals surface area contributed by atoms with Crippen molar-refractivity contribution in [2.24, 2.45) is 5.92 Å². The van der Waals surface area contributed by atoms with Crippen molar-refractivity contribution in [3.8, 4) is 0 Å². The maximum absolute atomic E-state index is 13.9. The molecule has 0 bridgehead atoms. The number of aryl methyl sites for hydroxylation is 1. The van der Waals surface area contributed by atoms with Crippen molar-refractivity contribution in [2.75, 3.05) is 39.8 Å². The van der Waals surface area contributed by atoms with Gasteiger partial charge in [0.05, 0.1) is 31.0 Å². The molecule has 0 spiro atoms. The van der Waals surface area contributed by atoms with E-state index in [4.69, 9.17) is 9.72 Å². The van der Waals surface area contributed by atoms with Crippen LogP contribution < -0.4 is 5.56 Å². The average Bonchev–Trinajstić information content (AvgIpc) is 3.44. The first-order chi connectivity index (χ1) is 21.4. The van der Waals surface area contributed by atoms with Gasteiger partial charge in [-0.3, -0.25) is 24.1 Å². The van der Waals surface area contributed by atoms with Crippen LogP contribution >= 0.6 is 0 Å². The van der Waals surface area contributed by atoms with Crippen LogP contribution in [0.2, 0.25) is 0 Å². The fourth-order valence-corrected chi connectivity index (χ4v) is 6.96. The van der Waals surface area contributed by atoms with Gasteiger partial charge < -0.3 is 4.74 Å². The number of ether oxygens (including phenoxy) is 1. The summed E-state index contributed by atoms with van der Waals surface area (Å²) in [5.41, 5.74) is 5.51. The monoisotopic (exact) mass is 613 g/mol. The Morgan fingerprint density at radius 1 is 1.02 bits per heavy atom. The van der Waals surface area contributed by atoms with Crippen molar-refractivity contribution in [1.82, 2.24) is 24.3 Å². The molecule has 45 heavy (non-hydrogen) atoms. The first-order valence-corrected chi connectivity index (χ1v) is 16.9. The number of likely N-dealkylation sites (N-methyl/N-ethyl adjacent to an activating group) is 1. The number of rotatable bonds is 11. The fraction of sp³-hybridized carbons (Fsp3) is 0.579. The SMILES string of the molecule is Cc1ccc(C2CCN(C)C(C)(C)CN2CCN(CC(c2nc3c(c(=O)n2Cc2ccccc2)COC3)C(C)C)C(C)C)cc1. The Morgan fingerprint density at radius 3 is 2.40 bits per heavy atom. The van der Waals surface area contributed by atoms with Gasteiger partial charge >= 0.3 is 0 Å². The molecule has 7 heteroatoms. The Balaban J connectivity index is 1.43. The minimum absolute atomic E-state index is 0.0509. The number of nitrogens with zero attached hydrogens (tertiary/aromatic N) is 5. The number of fused-ring (bicyclic) bond motifs is 1. The number of hydrogen-bond acceptors (Lipinski definition) is 6. The summed E-state index contributed by atoms with van der Waals surface area (Å²) in [5, 5.41) is 0. The first-order valence-electron chi connectivity index (χ1n) is 16.9. The molecule has 3 heterocycles. The van der Waals surface area contributed by atoms with Crippen LogP contribution in [0, 0.1) is 12.8 Å². The van der Waals surface area contributed by atoms with E-state index in [0.29, 0.717) is 43.3 Å². The van der Waals surface area contributed by atoms with Gasteiger partial charge in [0.15, 0.2) is 0 Å². The predicted molar refractivity (Wildman–Crippen MR) is 184 cm³/mol. The summed E-state index contributed by atoms with van der Waals surface area (Å²) < 4.78 is 7.65. The van der Waals surface area contributed by atoms with E-state index in [2.05, 4.69) is 107 Å². The maximum atomic E-state index is 13.9. The van der Waals surface area contributed by atoms with Crippen molar-refractivity contribution in [2.45, 2.75) is 98.2 Å². The summed E-state index contributed by atoms with van der Waals surface area (Å²) in [6.45, 7) is 22.3. The first kappa shape index (κ1) is 33.5. The van der Waals surface area contributed by atoms with E-state index in [-0.39, 0.29) is 17.0 Å². The summed E-state index contributed by atoms with van der Waals surface area (Å²) in [7, 11) is 2.27. The molecular weight excluding hydrogens is 558 g/mol. The van der Waals surface area contributed by atoms with Gasteiger partial charge in [0.2, 0.25) is 0 Å². The lowest BCUT2D eigenvalue weighted by atomic mass is 9.92. The molecule has 244 valence electrons. The highest BCUT2D eigenvalue weighted by molar-refractivity contribution is 5.26. The van der Waals surface area contributed by atoms with Crippen LogP contribution in [-0.4, -0.2) is 75.6 Å². The quantitative estimate of drug-likeness (QED) is 0.255. The Bertz CT molecular complexity index is 1460. The lowest BCUT2D eigenvalue weighted by Gasteiger charge is -2.40. The van der Waals surface area contributed by atoms with E-state index in [1.54, 1.807) is 0 Å². The van der Waals surface area contributed by atoms with E-state index >= 15 is 0 Å². The fourth-order valence-electron chi connectivity index (χ4n) is 6.96. The summed E-state index contributed by atoms with van der Waals surface area (Å²) in [4.78, 5) is 26.9. The van der Waals surface area contributed by atoms with Crippen LogP contribution in [0.4, 0.5) is 0 Å². The number of hydrogen-bond donors (Lipinski definition) is 0. The summed E-state index contributed by atoms with van der Waals surface area (Å²) in [5.74, 6) is 1.31. The van der Waals surface area contributed by atoms with Gasteiger partial charge in [-0.2, -0.15) is 0 Å². The van der Waals surface area contributed by atoms with Crippen molar-refractivity contribution >= 4 is 0 Å². The minimum atomic E-state index is 0.0509.